The summed E-state index contributed by atoms with van der Waals surface area (Å²) in [4.78, 5) is 14.5. The van der Waals surface area contributed by atoms with Gasteiger partial charge in [0.1, 0.15) is 10.6 Å². The van der Waals surface area contributed by atoms with Gasteiger partial charge in [0, 0.05) is 18.7 Å². The van der Waals surface area contributed by atoms with E-state index < -0.39 is 5.60 Å². The minimum absolute atomic E-state index is 0.331. The highest BCUT2D eigenvalue weighted by Gasteiger charge is 2.26. The average molecular weight is 294 g/mol. The summed E-state index contributed by atoms with van der Waals surface area (Å²) in [7, 11) is 0. The topological polar surface area (TPSA) is 55.6 Å². The maximum atomic E-state index is 12.3. The van der Waals surface area contributed by atoms with Gasteiger partial charge in [-0.3, -0.25) is 0 Å². The van der Waals surface area contributed by atoms with E-state index in [9.17, 15) is 4.79 Å². The third-order valence-electron chi connectivity index (χ3n) is 3.10. The highest BCUT2D eigenvalue weighted by molar-refractivity contribution is 7.20. The first-order chi connectivity index (χ1) is 9.29. The molecular formula is C15H22N2O2S. The molecule has 0 amide bonds. The molecule has 1 aromatic heterocycles. The summed E-state index contributed by atoms with van der Waals surface area (Å²) in [6, 6.07) is 0. The molecule has 0 bridgehead atoms. The monoisotopic (exact) mass is 294 g/mol. The lowest BCUT2D eigenvalue weighted by Gasteiger charge is -2.25. The number of ether oxygens (including phenoxy) is 1. The number of hydrogen-bond acceptors (Lipinski definition) is 5. The Kier molecular flexibility index (Phi) is 4.09. The fourth-order valence-electron chi connectivity index (χ4n) is 2.23. The molecule has 0 aromatic carbocycles. The van der Waals surface area contributed by atoms with Crippen LogP contribution in [0.15, 0.2) is 12.2 Å². The molecule has 0 spiro atoms. The van der Waals surface area contributed by atoms with Crippen molar-refractivity contribution in [1.82, 2.24) is 0 Å². The Balaban J connectivity index is 2.29. The first kappa shape index (κ1) is 14.9. The third-order valence-corrected chi connectivity index (χ3v) is 4.28. The number of hydrogen-bond donors (Lipinski definition) is 1. The van der Waals surface area contributed by atoms with Crippen molar-refractivity contribution in [3.63, 3.8) is 0 Å². The van der Waals surface area contributed by atoms with Crippen molar-refractivity contribution in [2.24, 2.45) is 0 Å². The van der Waals surface area contributed by atoms with Crippen molar-refractivity contribution in [1.29, 1.82) is 0 Å². The van der Waals surface area contributed by atoms with Crippen LogP contribution in [0.5, 0.6) is 0 Å². The number of nitrogen functional groups attached to an aromatic ring is 1. The normalized spacial score (nSPS) is 15.5. The molecule has 0 saturated carbocycles. The summed E-state index contributed by atoms with van der Waals surface area (Å²) in [6.07, 6.45) is 5.35. The highest BCUT2D eigenvalue weighted by Crippen LogP contribution is 2.39. The van der Waals surface area contributed by atoms with Crippen molar-refractivity contribution >= 4 is 27.3 Å². The molecule has 1 aliphatic rings. The lowest BCUT2D eigenvalue weighted by Crippen LogP contribution is -2.27. The molecule has 2 rings (SSSR count). The number of carbonyl (C=O) groups is 1. The Bertz CT molecular complexity index is 541. The van der Waals surface area contributed by atoms with Crippen LogP contribution in [0.4, 0.5) is 10.0 Å². The van der Waals surface area contributed by atoms with Gasteiger partial charge >= 0.3 is 5.97 Å². The minimum Gasteiger partial charge on any atom is -0.456 e. The second-order valence-electron chi connectivity index (χ2n) is 5.98. The molecule has 0 unspecified atom stereocenters. The second kappa shape index (κ2) is 5.48. The highest BCUT2D eigenvalue weighted by atomic mass is 32.1. The molecule has 0 aliphatic carbocycles. The third kappa shape index (κ3) is 3.15. The average Bonchev–Trinajstić information content (AvgIpc) is 2.64. The van der Waals surface area contributed by atoms with E-state index in [4.69, 9.17) is 10.5 Å². The summed E-state index contributed by atoms with van der Waals surface area (Å²) >= 11 is 1.47. The number of thiophene rings is 1. The van der Waals surface area contributed by atoms with Gasteiger partial charge in [-0.05, 0) is 34.1 Å². The number of nitrogens with zero attached hydrogens (tertiary/aromatic N) is 1. The lowest BCUT2D eigenvalue weighted by atomic mass is 10.1. The zero-order valence-corrected chi connectivity index (χ0v) is 13.3. The number of rotatable bonds is 2. The van der Waals surface area contributed by atoms with E-state index in [0.29, 0.717) is 10.6 Å². The van der Waals surface area contributed by atoms with Crippen LogP contribution in [0.1, 0.15) is 43.1 Å². The lowest BCUT2D eigenvalue weighted by molar-refractivity contribution is 0.00706. The maximum absolute atomic E-state index is 12.3. The number of anilines is 2. The molecule has 2 N–H and O–H groups in total. The number of carbonyl (C=O) groups excluding carboxylic acids is 1. The molecule has 110 valence electrons. The largest absolute Gasteiger partial charge is 0.456 e. The summed E-state index contributed by atoms with van der Waals surface area (Å²) in [5.41, 5.74) is 6.98. The SMILES string of the molecule is Cc1c(N2CC=CCC2)sc(N)c1C(=O)OC(C)(C)C. The molecule has 0 saturated heterocycles. The van der Waals surface area contributed by atoms with Gasteiger partial charge in [-0.25, -0.2) is 4.79 Å². The Morgan fingerprint density at radius 3 is 2.65 bits per heavy atom. The van der Waals surface area contributed by atoms with E-state index in [-0.39, 0.29) is 5.97 Å². The van der Waals surface area contributed by atoms with Crippen LogP contribution in [-0.2, 0) is 4.74 Å². The molecule has 4 nitrogen and oxygen atoms in total. The number of esters is 1. The standard InChI is InChI=1S/C15H22N2O2S/c1-10-11(14(18)19-15(2,3)4)12(16)20-13(10)17-8-6-5-7-9-17/h5-6H,7-9,16H2,1-4H3. The van der Waals surface area contributed by atoms with Crippen molar-refractivity contribution in [2.45, 2.75) is 39.7 Å². The summed E-state index contributed by atoms with van der Waals surface area (Å²) in [5, 5.41) is 1.62. The van der Waals surface area contributed by atoms with Gasteiger partial charge in [0.15, 0.2) is 0 Å². The zero-order chi connectivity index (χ0) is 14.9. The first-order valence-electron chi connectivity index (χ1n) is 6.82. The Morgan fingerprint density at radius 1 is 1.40 bits per heavy atom. The van der Waals surface area contributed by atoms with E-state index in [0.717, 1.165) is 30.1 Å². The van der Waals surface area contributed by atoms with E-state index in [1.54, 1.807) is 0 Å². The quantitative estimate of drug-likeness (QED) is 0.671. The summed E-state index contributed by atoms with van der Waals surface area (Å²) < 4.78 is 5.44. The van der Waals surface area contributed by atoms with Crippen molar-refractivity contribution in [3.05, 3.63) is 23.3 Å². The minimum atomic E-state index is -0.508. The predicted molar refractivity (Wildman–Crippen MR) is 84.6 cm³/mol. The molecular weight excluding hydrogens is 272 g/mol. The molecule has 20 heavy (non-hydrogen) atoms. The van der Waals surface area contributed by atoms with Crippen LogP contribution in [0, 0.1) is 6.92 Å². The first-order valence-corrected chi connectivity index (χ1v) is 7.63. The fraction of sp³-hybridized carbons (Fsp3) is 0.533. The molecule has 5 heteroatoms. The zero-order valence-electron chi connectivity index (χ0n) is 12.5. The smallest absolute Gasteiger partial charge is 0.342 e. The van der Waals surface area contributed by atoms with Gasteiger partial charge in [0.2, 0.25) is 0 Å². The second-order valence-corrected chi connectivity index (χ2v) is 7.01. The predicted octanol–water partition coefficient (Wildman–Crippen LogP) is 3.36. The van der Waals surface area contributed by atoms with E-state index in [1.807, 2.05) is 27.7 Å². The van der Waals surface area contributed by atoms with Crippen LogP contribution in [0.2, 0.25) is 0 Å². The van der Waals surface area contributed by atoms with Gasteiger partial charge in [-0.1, -0.05) is 12.2 Å². The van der Waals surface area contributed by atoms with Crippen LogP contribution in [-0.4, -0.2) is 24.7 Å². The molecule has 0 fully saturated rings. The van der Waals surface area contributed by atoms with E-state index >= 15 is 0 Å². The van der Waals surface area contributed by atoms with Crippen molar-refractivity contribution < 1.29 is 9.53 Å². The molecule has 1 aromatic rings. The van der Waals surface area contributed by atoms with Crippen LogP contribution in [0.3, 0.4) is 0 Å². The molecule has 1 aliphatic heterocycles. The van der Waals surface area contributed by atoms with Crippen molar-refractivity contribution in [3.8, 4) is 0 Å². The summed E-state index contributed by atoms with van der Waals surface area (Å²) in [6.45, 7) is 9.36. The van der Waals surface area contributed by atoms with Gasteiger partial charge in [0.25, 0.3) is 0 Å². The fourth-order valence-corrected chi connectivity index (χ4v) is 3.33. The molecule has 0 atom stereocenters. The number of nitrogens with two attached hydrogens (primary N) is 1. The Hall–Kier alpha value is -1.49. The van der Waals surface area contributed by atoms with Crippen LogP contribution >= 0.6 is 11.3 Å². The van der Waals surface area contributed by atoms with Gasteiger partial charge < -0.3 is 15.4 Å². The summed E-state index contributed by atoms with van der Waals surface area (Å²) in [5.74, 6) is -0.331. The van der Waals surface area contributed by atoms with Crippen molar-refractivity contribution in [2.75, 3.05) is 23.7 Å². The van der Waals surface area contributed by atoms with Gasteiger partial charge in [-0.2, -0.15) is 0 Å². The van der Waals surface area contributed by atoms with Crippen LogP contribution in [0.25, 0.3) is 0 Å². The maximum Gasteiger partial charge on any atom is 0.342 e. The van der Waals surface area contributed by atoms with E-state index in [1.165, 1.54) is 11.3 Å². The Labute approximate surface area is 124 Å². The van der Waals surface area contributed by atoms with Gasteiger partial charge in [0.05, 0.1) is 10.6 Å². The van der Waals surface area contributed by atoms with Crippen LogP contribution < -0.4 is 10.6 Å². The molecule has 2 heterocycles. The Morgan fingerprint density at radius 2 is 2.10 bits per heavy atom. The van der Waals surface area contributed by atoms with Gasteiger partial charge in [-0.15, -0.1) is 11.3 Å². The molecule has 0 radical (unpaired) electrons. The van der Waals surface area contributed by atoms with E-state index in [2.05, 4.69) is 17.1 Å².